The molecule has 0 aliphatic heterocycles. The highest BCUT2D eigenvalue weighted by atomic mass is 16.5. The van der Waals surface area contributed by atoms with Gasteiger partial charge in [-0.15, -0.1) is 0 Å². The Morgan fingerprint density at radius 3 is 1.97 bits per heavy atom. The Labute approximate surface area is 179 Å². The third kappa shape index (κ3) is 4.33. The molecule has 0 aromatic heterocycles. The van der Waals surface area contributed by atoms with Crippen LogP contribution < -0.4 is 5.32 Å². The van der Waals surface area contributed by atoms with Gasteiger partial charge in [-0.3, -0.25) is 4.79 Å². The number of hydrogen-bond donors (Lipinski definition) is 2. The molecule has 1 aliphatic carbocycles. The van der Waals surface area contributed by atoms with E-state index in [-0.39, 0.29) is 18.9 Å². The molecule has 2 N–H and O–H groups in total. The molecule has 0 unspecified atom stereocenters. The largest absolute Gasteiger partial charge is 0.480 e. The van der Waals surface area contributed by atoms with E-state index in [0.717, 1.165) is 27.8 Å². The first-order valence-corrected chi connectivity index (χ1v) is 9.97. The van der Waals surface area contributed by atoms with Gasteiger partial charge < -0.3 is 15.2 Å². The fourth-order valence-corrected chi connectivity index (χ4v) is 3.93. The van der Waals surface area contributed by atoms with Crippen molar-refractivity contribution < 1.29 is 24.2 Å². The minimum atomic E-state index is -1.23. The number of amides is 1. The monoisotopic (exact) mass is 415 g/mol. The SMILES string of the molecule is O=C(N[C@@H](Cc1ccccc1)C(=O)O)C(=O)OCC1c2ccccc2-c2ccccc21. The lowest BCUT2D eigenvalue weighted by molar-refractivity contribution is -0.156. The molecule has 0 saturated heterocycles. The van der Waals surface area contributed by atoms with Gasteiger partial charge in [0, 0.05) is 12.3 Å². The third-order valence-corrected chi connectivity index (χ3v) is 5.42. The van der Waals surface area contributed by atoms with Gasteiger partial charge in [-0.2, -0.15) is 0 Å². The van der Waals surface area contributed by atoms with Gasteiger partial charge in [-0.1, -0.05) is 78.9 Å². The highest BCUT2D eigenvalue weighted by molar-refractivity contribution is 6.32. The fraction of sp³-hybridized carbons (Fsp3) is 0.160. The minimum Gasteiger partial charge on any atom is -0.480 e. The third-order valence-electron chi connectivity index (χ3n) is 5.42. The first-order chi connectivity index (χ1) is 15.0. The fourth-order valence-electron chi connectivity index (χ4n) is 3.93. The molecule has 1 aliphatic rings. The van der Waals surface area contributed by atoms with Crippen LogP contribution in [0.25, 0.3) is 11.1 Å². The number of carbonyl (C=O) groups excluding carboxylic acids is 2. The predicted molar refractivity (Wildman–Crippen MR) is 114 cm³/mol. The van der Waals surface area contributed by atoms with Crippen molar-refractivity contribution in [2.45, 2.75) is 18.4 Å². The standard InChI is InChI=1S/C25H21NO5/c27-23(26-22(24(28)29)14-16-8-2-1-3-9-16)25(30)31-15-21-19-12-6-4-10-17(19)18-11-5-7-13-20(18)21/h1-13,21-22H,14-15H2,(H,26,27)(H,28,29)/t22-/m0/s1. The van der Waals surface area contributed by atoms with Crippen LogP contribution in [0.2, 0.25) is 0 Å². The molecule has 0 bridgehead atoms. The molecule has 0 fully saturated rings. The molecule has 0 heterocycles. The van der Waals surface area contributed by atoms with E-state index >= 15 is 0 Å². The molecule has 0 radical (unpaired) electrons. The zero-order chi connectivity index (χ0) is 21.8. The van der Waals surface area contributed by atoms with E-state index in [2.05, 4.69) is 5.32 Å². The lowest BCUT2D eigenvalue weighted by Crippen LogP contribution is -2.45. The van der Waals surface area contributed by atoms with Crippen molar-refractivity contribution in [3.05, 3.63) is 95.6 Å². The number of hydrogen-bond acceptors (Lipinski definition) is 4. The van der Waals surface area contributed by atoms with E-state index in [9.17, 15) is 19.5 Å². The first-order valence-electron chi connectivity index (χ1n) is 9.97. The second kappa shape index (κ2) is 8.83. The van der Waals surface area contributed by atoms with Gasteiger partial charge in [-0.25, -0.2) is 9.59 Å². The second-order valence-corrected chi connectivity index (χ2v) is 7.38. The lowest BCUT2D eigenvalue weighted by Gasteiger charge is -2.16. The van der Waals surface area contributed by atoms with Gasteiger partial charge in [0.1, 0.15) is 12.6 Å². The Hall–Kier alpha value is -3.93. The number of carbonyl (C=O) groups is 3. The molecule has 3 aromatic rings. The molecule has 4 rings (SSSR count). The second-order valence-electron chi connectivity index (χ2n) is 7.38. The van der Waals surface area contributed by atoms with E-state index in [1.165, 1.54) is 0 Å². The molecular weight excluding hydrogens is 394 g/mol. The maximum Gasteiger partial charge on any atom is 0.396 e. The summed E-state index contributed by atoms with van der Waals surface area (Å²) in [4.78, 5) is 36.1. The summed E-state index contributed by atoms with van der Waals surface area (Å²) < 4.78 is 5.29. The summed E-state index contributed by atoms with van der Waals surface area (Å²) >= 11 is 0. The molecule has 6 nitrogen and oxygen atoms in total. The van der Waals surface area contributed by atoms with Gasteiger partial charge in [0.25, 0.3) is 0 Å². The van der Waals surface area contributed by atoms with Gasteiger partial charge in [0.2, 0.25) is 0 Å². The number of rotatable bonds is 6. The van der Waals surface area contributed by atoms with E-state index in [0.29, 0.717) is 0 Å². The van der Waals surface area contributed by atoms with Crippen LogP contribution in [0.15, 0.2) is 78.9 Å². The average Bonchev–Trinajstić information content (AvgIpc) is 3.11. The molecule has 156 valence electrons. The van der Waals surface area contributed by atoms with Crippen LogP contribution in [0.3, 0.4) is 0 Å². The number of fused-ring (bicyclic) bond motifs is 3. The van der Waals surface area contributed by atoms with Crippen LogP contribution in [-0.2, 0) is 25.5 Å². The smallest absolute Gasteiger partial charge is 0.396 e. The number of aliphatic carboxylic acids is 1. The topological polar surface area (TPSA) is 92.7 Å². The average molecular weight is 415 g/mol. The summed E-state index contributed by atoms with van der Waals surface area (Å²) in [5.74, 6) is -3.56. The first kappa shape index (κ1) is 20.3. The Morgan fingerprint density at radius 1 is 0.839 bits per heavy atom. The Balaban J connectivity index is 1.41. The lowest BCUT2D eigenvalue weighted by atomic mass is 9.98. The van der Waals surface area contributed by atoms with Crippen LogP contribution in [0.5, 0.6) is 0 Å². The number of ether oxygens (including phenoxy) is 1. The molecule has 31 heavy (non-hydrogen) atoms. The summed E-state index contributed by atoms with van der Waals surface area (Å²) in [6, 6.07) is 23.4. The Morgan fingerprint density at radius 2 is 1.39 bits per heavy atom. The Kier molecular flexibility index (Phi) is 5.80. The van der Waals surface area contributed by atoms with Gasteiger partial charge in [0.15, 0.2) is 0 Å². The van der Waals surface area contributed by atoms with Crippen molar-refractivity contribution in [3.63, 3.8) is 0 Å². The van der Waals surface area contributed by atoms with Crippen LogP contribution in [0.4, 0.5) is 0 Å². The molecule has 1 amide bonds. The molecular formula is C25H21NO5. The van der Waals surface area contributed by atoms with Crippen molar-refractivity contribution in [2.24, 2.45) is 0 Å². The predicted octanol–water partition coefficient (Wildman–Crippen LogP) is 3.15. The summed E-state index contributed by atoms with van der Waals surface area (Å²) in [5.41, 5.74) is 4.96. The molecule has 0 spiro atoms. The normalized spacial score (nSPS) is 13.0. The Bertz CT molecular complexity index is 1080. The number of nitrogens with one attached hydrogen (secondary N) is 1. The highest BCUT2D eigenvalue weighted by Crippen LogP contribution is 2.44. The van der Waals surface area contributed by atoms with Crippen LogP contribution in [0, 0.1) is 0 Å². The molecule has 1 atom stereocenters. The maximum atomic E-state index is 12.3. The van der Waals surface area contributed by atoms with Crippen molar-refractivity contribution >= 4 is 17.8 Å². The molecule has 3 aromatic carbocycles. The van der Waals surface area contributed by atoms with Crippen LogP contribution >= 0.6 is 0 Å². The summed E-state index contributed by atoms with van der Waals surface area (Å²) in [7, 11) is 0. The summed E-state index contributed by atoms with van der Waals surface area (Å²) in [6.45, 7) is -0.00327. The number of carboxylic acid groups (broad SMARTS) is 1. The van der Waals surface area contributed by atoms with Crippen molar-refractivity contribution in [2.75, 3.05) is 6.61 Å². The zero-order valence-electron chi connectivity index (χ0n) is 16.7. The number of esters is 1. The summed E-state index contributed by atoms with van der Waals surface area (Å²) in [6.07, 6.45) is 0.0680. The van der Waals surface area contributed by atoms with Gasteiger partial charge in [-0.05, 0) is 27.8 Å². The highest BCUT2D eigenvalue weighted by Gasteiger charge is 2.31. The van der Waals surface area contributed by atoms with Crippen LogP contribution in [0.1, 0.15) is 22.6 Å². The minimum absolute atomic E-state index is 0.00327. The van der Waals surface area contributed by atoms with E-state index < -0.39 is 23.9 Å². The van der Waals surface area contributed by atoms with Crippen LogP contribution in [-0.4, -0.2) is 35.6 Å². The quantitative estimate of drug-likeness (QED) is 0.477. The maximum absolute atomic E-state index is 12.3. The zero-order valence-corrected chi connectivity index (χ0v) is 16.7. The van der Waals surface area contributed by atoms with Crippen molar-refractivity contribution in [1.82, 2.24) is 5.32 Å². The van der Waals surface area contributed by atoms with Gasteiger partial charge >= 0.3 is 17.8 Å². The number of benzene rings is 3. The molecule has 0 saturated carbocycles. The van der Waals surface area contributed by atoms with Crippen molar-refractivity contribution in [1.29, 1.82) is 0 Å². The summed E-state index contributed by atoms with van der Waals surface area (Å²) in [5, 5.41) is 11.7. The number of carboxylic acids is 1. The molecule has 6 heteroatoms. The van der Waals surface area contributed by atoms with E-state index in [1.807, 2.05) is 54.6 Å². The van der Waals surface area contributed by atoms with E-state index in [4.69, 9.17) is 4.74 Å². The van der Waals surface area contributed by atoms with Crippen molar-refractivity contribution in [3.8, 4) is 11.1 Å². The van der Waals surface area contributed by atoms with E-state index in [1.54, 1.807) is 24.3 Å². The van der Waals surface area contributed by atoms with Gasteiger partial charge in [0.05, 0.1) is 0 Å².